The molecule has 342 valence electrons. The molecule has 2 aliphatic heterocycles. The minimum atomic E-state index is -4.15. The molecular weight excluding hydrogens is 846 g/mol. The Hall–Kier alpha value is -4.26. The minimum absolute atomic E-state index is 0.0220. The number of alkyl carbamates (subject to hydrolysis) is 1. The highest BCUT2D eigenvalue weighted by molar-refractivity contribution is 7.89. The maximum atomic E-state index is 14.2. The van der Waals surface area contributed by atoms with Crippen LogP contribution in [-0.2, 0) is 55.8 Å². The number of aliphatic hydroxyl groups excluding tert-OH is 1. The van der Waals surface area contributed by atoms with Gasteiger partial charge in [-0.3, -0.25) is 4.52 Å². The van der Waals surface area contributed by atoms with Gasteiger partial charge in [-0.15, -0.1) is 0 Å². The molecule has 19 heteroatoms. The Morgan fingerprint density at radius 1 is 0.952 bits per heavy atom. The van der Waals surface area contributed by atoms with Crippen LogP contribution in [0.15, 0.2) is 77.7 Å². The molecule has 0 spiro atoms. The van der Waals surface area contributed by atoms with Gasteiger partial charge in [0.25, 0.3) is 0 Å². The van der Waals surface area contributed by atoms with Crippen molar-refractivity contribution in [2.24, 2.45) is 11.8 Å². The molecule has 3 aromatic rings. The number of hydrogen-bond donors (Lipinski definition) is 2. The third-order valence-electron chi connectivity index (χ3n) is 10.0. The van der Waals surface area contributed by atoms with Crippen molar-refractivity contribution in [1.82, 2.24) is 14.5 Å². The lowest BCUT2D eigenvalue weighted by Gasteiger charge is -2.31. The number of amides is 1. The predicted octanol–water partition coefficient (Wildman–Crippen LogP) is 5.44. The number of nitrogens with zero attached hydrogens (tertiary/aromatic N) is 2. The molecular formula is C43H60N3O14PS. The number of carbonyl (C=O) groups excluding carboxylic acids is 2. The number of nitrogens with one attached hydrogen (secondary N) is 1. The zero-order valence-corrected chi connectivity index (χ0v) is 38.0. The number of esters is 1. The summed E-state index contributed by atoms with van der Waals surface area (Å²) in [4.78, 5) is 27.9. The van der Waals surface area contributed by atoms with Crippen molar-refractivity contribution in [3.05, 3.63) is 83.9 Å². The average Bonchev–Trinajstić information content (AvgIpc) is 3.85. The molecule has 0 bridgehead atoms. The first kappa shape index (κ1) is 48.8. The SMILES string of the molecule is CCOC(=O)[C@H](C)OP(=O)(COc1ccc(C[C@H](NC(=O)O[C@H]2CO[C@H]3OCC[C@H]32)[C@H](O)CN(CC(C)C)S(=O)(=O)c2ccc(OC)cc2)cc1)Oc1cccc(CN(C)C)c1. The van der Waals surface area contributed by atoms with E-state index in [-0.39, 0.29) is 61.0 Å². The number of hydrogen-bond acceptors (Lipinski definition) is 15. The van der Waals surface area contributed by atoms with E-state index in [9.17, 15) is 27.7 Å². The van der Waals surface area contributed by atoms with Crippen molar-refractivity contribution in [1.29, 1.82) is 0 Å². The van der Waals surface area contributed by atoms with Crippen LogP contribution in [0.5, 0.6) is 17.2 Å². The summed E-state index contributed by atoms with van der Waals surface area (Å²) < 4.78 is 88.1. The second kappa shape index (κ2) is 22.4. The summed E-state index contributed by atoms with van der Waals surface area (Å²) in [6.45, 7) is 7.89. The average molecular weight is 906 g/mol. The van der Waals surface area contributed by atoms with Crippen molar-refractivity contribution in [2.75, 3.05) is 60.5 Å². The third-order valence-corrected chi connectivity index (χ3v) is 13.4. The Kier molecular flexibility index (Phi) is 17.6. The summed E-state index contributed by atoms with van der Waals surface area (Å²) in [6.07, 6.45) is -4.28. The quantitative estimate of drug-likeness (QED) is 0.0901. The fourth-order valence-electron chi connectivity index (χ4n) is 7.04. The van der Waals surface area contributed by atoms with E-state index in [2.05, 4.69) is 5.32 Å². The predicted molar refractivity (Wildman–Crippen MR) is 228 cm³/mol. The van der Waals surface area contributed by atoms with Crippen molar-refractivity contribution >= 4 is 29.7 Å². The second-order valence-corrected chi connectivity index (χ2v) is 19.7. The van der Waals surface area contributed by atoms with Gasteiger partial charge in [0, 0.05) is 19.6 Å². The molecule has 1 amide bonds. The first-order chi connectivity index (χ1) is 29.5. The lowest BCUT2D eigenvalue weighted by molar-refractivity contribution is -0.150. The highest BCUT2D eigenvalue weighted by atomic mass is 32.2. The molecule has 5 rings (SSSR count). The summed E-state index contributed by atoms with van der Waals surface area (Å²) in [5.74, 6) is 0.0899. The fraction of sp³-hybridized carbons (Fsp3) is 0.535. The van der Waals surface area contributed by atoms with Crippen molar-refractivity contribution in [2.45, 2.75) is 82.6 Å². The number of benzene rings is 3. The Labute approximate surface area is 364 Å². The summed E-state index contributed by atoms with van der Waals surface area (Å²) in [6, 6.07) is 18.5. The maximum Gasteiger partial charge on any atom is 0.417 e. The van der Waals surface area contributed by atoms with E-state index >= 15 is 0 Å². The molecule has 2 N–H and O–H groups in total. The van der Waals surface area contributed by atoms with Crippen molar-refractivity contribution in [3.63, 3.8) is 0 Å². The van der Waals surface area contributed by atoms with Crippen LogP contribution in [0.1, 0.15) is 45.2 Å². The van der Waals surface area contributed by atoms with Crippen molar-refractivity contribution < 1.29 is 65.1 Å². The maximum absolute atomic E-state index is 14.2. The smallest absolute Gasteiger partial charge is 0.417 e. The summed E-state index contributed by atoms with van der Waals surface area (Å²) in [5, 5.41) is 14.6. The van der Waals surface area contributed by atoms with Gasteiger partial charge < -0.3 is 48.3 Å². The van der Waals surface area contributed by atoms with Gasteiger partial charge in [-0.2, -0.15) is 4.31 Å². The zero-order valence-electron chi connectivity index (χ0n) is 36.3. The van der Waals surface area contributed by atoms with Gasteiger partial charge in [0.05, 0.1) is 49.9 Å². The molecule has 0 saturated carbocycles. The molecule has 3 aromatic carbocycles. The molecule has 2 saturated heterocycles. The summed E-state index contributed by atoms with van der Waals surface area (Å²) in [7, 11) is -2.92. The van der Waals surface area contributed by atoms with Crippen LogP contribution in [0, 0.1) is 11.8 Å². The van der Waals surface area contributed by atoms with E-state index in [4.69, 9.17) is 37.5 Å². The highest BCUT2D eigenvalue weighted by Gasteiger charge is 2.44. The summed E-state index contributed by atoms with van der Waals surface area (Å²) in [5.41, 5.74) is 1.53. The number of methoxy groups -OCH3 is 1. The Bertz CT molecular complexity index is 2070. The lowest BCUT2D eigenvalue weighted by atomic mass is 10.0. The number of ether oxygens (including phenoxy) is 6. The van der Waals surface area contributed by atoms with Crippen LogP contribution < -0.4 is 19.3 Å². The van der Waals surface area contributed by atoms with Crippen LogP contribution in [-0.4, -0.2) is 126 Å². The van der Waals surface area contributed by atoms with Gasteiger partial charge in [0.15, 0.2) is 12.4 Å². The van der Waals surface area contributed by atoms with Crippen molar-refractivity contribution in [3.8, 4) is 17.2 Å². The standard InChI is InChI=1S/C43H60N3O14PS/c1-8-54-41(48)30(4)59-61(50,60-35-11-9-10-32(22-35)25-45(5)6)28-57-34-14-12-31(13-15-34)23-38(44-43(49)58-40-27-56-42-37(40)20-21-55-42)39(47)26-46(24-29(2)3)62(51,52)36-18-16-33(53-7)17-19-36/h9-19,22,29-30,37-40,42,47H,8,20-21,23-28H2,1-7H3,(H,44,49)/t30-,37-,38-,39+,40-,42+,61?/m0/s1. The Morgan fingerprint density at radius 3 is 2.32 bits per heavy atom. The zero-order chi connectivity index (χ0) is 45.0. The topological polar surface area (TPSA) is 198 Å². The number of carbonyl (C=O) groups is 2. The second-order valence-electron chi connectivity index (χ2n) is 15.9. The molecule has 2 aliphatic rings. The van der Waals surface area contributed by atoms with E-state index in [0.717, 1.165) is 5.56 Å². The molecule has 62 heavy (non-hydrogen) atoms. The van der Waals surface area contributed by atoms with E-state index in [0.29, 0.717) is 30.9 Å². The van der Waals surface area contributed by atoms with E-state index < -0.39 is 66.7 Å². The monoisotopic (exact) mass is 905 g/mol. The summed E-state index contributed by atoms with van der Waals surface area (Å²) >= 11 is 0. The Balaban J connectivity index is 1.33. The number of sulfonamides is 1. The first-order valence-corrected chi connectivity index (χ1v) is 23.8. The van der Waals surface area contributed by atoms with Gasteiger partial charge in [0.1, 0.15) is 23.4 Å². The van der Waals surface area contributed by atoms with Gasteiger partial charge in [-0.1, -0.05) is 38.1 Å². The van der Waals surface area contributed by atoms with Crippen LogP contribution in [0.2, 0.25) is 0 Å². The number of rotatable bonds is 23. The third kappa shape index (κ3) is 13.9. The number of fused-ring (bicyclic) bond motifs is 1. The van der Waals surface area contributed by atoms with Gasteiger partial charge >= 0.3 is 19.7 Å². The minimum Gasteiger partial charge on any atom is -0.497 e. The molecule has 0 aromatic heterocycles. The molecule has 2 heterocycles. The Morgan fingerprint density at radius 2 is 1.66 bits per heavy atom. The molecule has 7 atom stereocenters. The lowest BCUT2D eigenvalue weighted by Crippen LogP contribution is -2.51. The normalized spacial score (nSPS) is 20.0. The van der Waals surface area contributed by atoms with Crippen LogP contribution in [0.3, 0.4) is 0 Å². The number of aliphatic hydroxyl groups is 1. The van der Waals surface area contributed by atoms with Gasteiger partial charge in [-0.05, 0) is 106 Å². The van der Waals surface area contributed by atoms with Gasteiger partial charge in [0.2, 0.25) is 16.4 Å². The molecule has 0 radical (unpaired) electrons. The van der Waals surface area contributed by atoms with E-state index in [1.54, 1.807) is 61.5 Å². The molecule has 0 aliphatic carbocycles. The largest absolute Gasteiger partial charge is 0.497 e. The van der Waals surface area contributed by atoms with Crippen LogP contribution >= 0.6 is 7.60 Å². The van der Waals surface area contributed by atoms with E-state index in [1.165, 1.54) is 30.5 Å². The van der Waals surface area contributed by atoms with Crippen LogP contribution in [0.4, 0.5) is 4.79 Å². The first-order valence-electron chi connectivity index (χ1n) is 20.6. The van der Waals surface area contributed by atoms with E-state index in [1.807, 2.05) is 38.9 Å². The van der Waals surface area contributed by atoms with Crippen LogP contribution in [0.25, 0.3) is 0 Å². The fourth-order valence-corrected chi connectivity index (χ4v) is 10.1. The van der Waals surface area contributed by atoms with Gasteiger partial charge in [-0.25, -0.2) is 22.6 Å². The molecule has 2 fully saturated rings. The molecule has 1 unspecified atom stereocenters. The highest BCUT2D eigenvalue weighted by Crippen LogP contribution is 2.50. The molecule has 17 nitrogen and oxygen atoms in total.